The van der Waals surface area contributed by atoms with Gasteiger partial charge >= 0.3 is 18.0 Å². The molecule has 2 fully saturated rings. The minimum Gasteiger partial charge on any atom is -0.458 e. The summed E-state index contributed by atoms with van der Waals surface area (Å²) in [4.78, 5) is 48.2. The third-order valence-corrected chi connectivity index (χ3v) is 8.42. The first kappa shape index (κ1) is 37.3. The summed E-state index contributed by atoms with van der Waals surface area (Å²) >= 11 is 0. The van der Waals surface area contributed by atoms with E-state index in [2.05, 4.69) is 30.1 Å². The first-order valence-electron chi connectivity index (χ1n) is 15.9. The highest BCUT2D eigenvalue weighted by Gasteiger charge is 2.51. The van der Waals surface area contributed by atoms with E-state index in [-0.39, 0.29) is 26.0 Å². The fourth-order valence-electron chi connectivity index (χ4n) is 6.10. The molecule has 18 nitrogen and oxygen atoms in total. The van der Waals surface area contributed by atoms with Crippen molar-refractivity contribution in [3.8, 4) is 0 Å². The van der Waals surface area contributed by atoms with Gasteiger partial charge < -0.3 is 23.7 Å². The maximum Gasteiger partial charge on any atom is 0.410 e. The number of carbonyl (C=O) groups excluding carboxylic acids is 3. The Morgan fingerprint density at radius 1 is 0.800 bits per heavy atom. The maximum absolute atomic E-state index is 13.6. The number of rotatable bonds is 13. The molecule has 264 valence electrons. The highest BCUT2D eigenvalue weighted by atomic mass is 16.7. The van der Waals surface area contributed by atoms with E-state index in [0.29, 0.717) is 6.42 Å². The molecule has 1 saturated carbocycles. The van der Waals surface area contributed by atoms with Gasteiger partial charge in [-0.1, -0.05) is 76.0 Å². The van der Waals surface area contributed by atoms with Crippen molar-refractivity contribution in [1.82, 2.24) is 4.90 Å². The van der Waals surface area contributed by atoms with Crippen molar-refractivity contribution in [2.45, 2.75) is 108 Å². The molecule has 2 aromatic rings. The predicted molar refractivity (Wildman–Crippen MR) is 175 cm³/mol. The van der Waals surface area contributed by atoms with E-state index in [4.69, 9.17) is 23.7 Å². The summed E-state index contributed by atoms with van der Waals surface area (Å²) < 4.78 is 29.5. The summed E-state index contributed by atoms with van der Waals surface area (Å²) in [6.07, 6.45) is -6.07. The number of azide groups is 3. The molecule has 1 saturated heterocycles. The third kappa shape index (κ3) is 10.0. The van der Waals surface area contributed by atoms with E-state index in [0.717, 1.165) is 25.0 Å². The number of carbonyl (C=O) groups is 3. The molecule has 0 N–H and O–H groups in total. The predicted octanol–water partition coefficient (Wildman–Crippen LogP) is 6.41. The van der Waals surface area contributed by atoms with E-state index in [1.165, 1.54) is 0 Å². The van der Waals surface area contributed by atoms with Crippen LogP contribution in [0.4, 0.5) is 4.79 Å². The zero-order chi connectivity index (χ0) is 36.0. The zero-order valence-corrected chi connectivity index (χ0v) is 27.7. The Morgan fingerprint density at radius 2 is 1.34 bits per heavy atom. The molecule has 18 heteroatoms. The van der Waals surface area contributed by atoms with Gasteiger partial charge in [0.25, 0.3) is 0 Å². The minimum atomic E-state index is -1.41. The van der Waals surface area contributed by atoms with Gasteiger partial charge in [-0.3, -0.25) is 14.5 Å². The molecular formula is C32H38N10O8. The van der Waals surface area contributed by atoms with Crippen LogP contribution in [0.15, 0.2) is 76.0 Å². The monoisotopic (exact) mass is 690 g/mol. The number of amides is 1. The Kier molecular flexibility index (Phi) is 13.7. The lowest BCUT2D eigenvalue weighted by atomic mass is 9.84. The summed E-state index contributed by atoms with van der Waals surface area (Å²) in [5.74, 6) is -1.53. The van der Waals surface area contributed by atoms with Crippen molar-refractivity contribution in [2.24, 2.45) is 15.3 Å². The molecule has 0 radical (unpaired) electrons. The molecule has 0 aromatic heterocycles. The van der Waals surface area contributed by atoms with Crippen LogP contribution in [0.1, 0.15) is 51.2 Å². The number of hydrogen-bond donors (Lipinski definition) is 0. The van der Waals surface area contributed by atoms with Gasteiger partial charge in [0.1, 0.15) is 18.8 Å². The fraction of sp³-hybridized carbons (Fsp3) is 0.531. The molecule has 50 heavy (non-hydrogen) atoms. The Hall–Kier alpha value is -5.50. The van der Waals surface area contributed by atoms with Crippen LogP contribution in [0.2, 0.25) is 0 Å². The molecule has 9 atom stereocenters. The highest BCUT2D eigenvalue weighted by Crippen LogP contribution is 2.36. The van der Waals surface area contributed by atoms with Crippen LogP contribution >= 0.6 is 0 Å². The summed E-state index contributed by atoms with van der Waals surface area (Å²) in [6.45, 7) is 4.30. The Morgan fingerprint density at radius 3 is 1.92 bits per heavy atom. The molecule has 0 bridgehead atoms. The van der Waals surface area contributed by atoms with Crippen molar-refractivity contribution in [1.29, 1.82) is 0 Å². The van der Waals surface area contributed by atoms with Crippen LogP contribution in [0.5, 0.6) is 0 Å². The van der Waals surface area contributed by atoms with Gasteiger partial charge in [0.15, 0.2) is 12.4 Å². The third-order valence-electron chi connectivity index (χ3n) is 8.42. The number of esters is 2. The lowest BCUT2D eigenvalue weighted by molar-refractivity contribution is -0.263. The van der Waals surface area contributed by atoms with Gasteiger partial charge in [0.2, 0.25) is 0 Å². The molecule has 1 aliphatic carbocycles. The summed E-state index contributed by atoms with van der Waals surface area (Å²) in [5.41, 5.74) is 29.6. The van der Waals surface area contributed by atoms with E-state index in [1.54, 1.807) is 11.8 Å². The van der Waals surface area contributed by atoms with Crippen molar-refractivity contribution < 1.29 is 38.1 Å². The molecule has 1 aliphatic heterocycles. The second kappa shape index (κ2) is 18.3. The van der Waals surface area contributed by atoms with Crippen LogP contribution < -0.4 is 0 Å². The molecule has 1 amide bonds. The van der Waals surface area contributed by atoms with Crippen molar-refractivity contribution >= 4 is 18.0 Å². The van der Waals surface area contributed by atoms with Crippen molar-refractivity contribution in [3.05, 3.63) is 103 Å². The number of ether oxygens (including phenoxy) is 5. The summed E-state index contributed by atoms with van der Waals surface area (Å²) in [6, 6.07) is 14.9. The number of nitrogens with zero attached hydrogens (tertiary/aromatic N) is 10. The molecule has 4 rings (SSSR count). The van der Waals surface area contributed by atoms with Gasteiger partial charge in [0, 0.05) is 35.1 Å². The van der Waals surface area contributed by atoms with E-state index < -0.39 is 72.9 Å². The molecule has 2 aromatic carbocycles. The van der Waals surface area contributed by atoms with Gasteiger partial charge in [-0.05, 0) is 53.9 Å². The molecule has 2 aliphatic rings. The Labute approximate surface area is 287 Å². The summed E-state index contributed by atoms with van der Waals surface area (Å²) in [5, 5.41) is 11.4. The average Bonchev–Trinajstić information content (AvgIpc) is 3.10. The standard InChI is InChI=1S/C32H38N10O8/c1-19(42(17-22-10-6-4-7-11-22)32(45)46-18-23-12-8-5-9-13-23)27-15-14-24(36-39-33)31(49-27)50-29-26(38-41-35)16-25(37-40-34)28(47-20(2)43)30(29)48-21(3)44/h4-13,19,24-31H,14-18H2,1-3H3. The van der Waals surface area contributed by atoms with Crippen LogP contribution in [-0.2, 0) is 46.4 Å². The maximum atomic E-state index is 13.6. The molecule has 0 spiro atoms. The van der Waals surface area contributed by atoms with Gasteiger partial charge in [0.05, 0.1) is 30.3 Å². The van der Waals surface area contributed by atoms with Crippen LogP contribution in [-0.4, -0.2) is 77.8 Å². The van der Waals surface area contributed by atoms with Gasteiger partial charge in [-0.15, -0.1) is 0 Å². The van der Waals surface area contributed by atoms with E-state index >= 15 is 0 Å². The van der Waals surface area contributed by atoms with Crippen LogP contribution in [0.3, 0.4) is 0 Å². The van der Waals surface area contributed by atoms with Crippen molar-refractivity contribution in [2.75, 3.05) is 0 Å². The topological polar surface area (TPSA) is 247 Å². The van der Waals surface area contributed by atoms with Crippen molar-refractivity contribution in [3.63, 3.8) is 0 Å². The van der Waals surface area contributed by atoms with E-state index in [9.17, 15) is 31.0 Å². The fourth-order valence-corrected chi connectivity index (χ4v) is 6.10. The van der Waals surface area contributed by atoms with E-state index in [1.807, 2.05) is 60.7 Å². The molecule has 1 heterocycles. The zero-order valence-electron chi connectivity index (χ0n) is 27.7. The number of benzene rings is 2. The molecule has 9 unspecified atom stereocenters. The SMILES string of the molecule is CC(=O)OC1C(N=[N+]=[N-])CC(N=[N+]=[N-])C(OC2OC(C(C)N(Cc3ccccc3)C(=O)OCc3ccccc3)CCC2N=[N+]=[N-])C1OC(C)=O. The smallest absolute Gasteiger partial charge is 0.410 e. The first-order chi connectivity index (χ1) is 24.1. The Bertz CT molecular complexity index is 1620. The highest BCUT2D eigenvalue weighted by molar-refractivity contribution is 5.68. The number of hydrogen-bond acceptors (Lipinski definition) is 11. The Balaban J connectivity index is 1.64. The average molecular weight is 691 g/mol. The van der Waals surface area contributed by atoms with Gasteiger partial charge in [-0.2, -0.15) is 0 Å². The lowest BCUT2D eigenvalue weighted by Gasteiger charge is -2.46. The second-order valence-electron chi connectivity index (χ2n) is 11.8. The normalized spacial score (nSPS) is 26.4. The largest absolute Gasteiger partial charge is 0.458 e. The van der Waals surface area contributed by atoms with Crippen LogP contribution in [0.25, 0.3) is 31.3 Å². The van der Waals surface area contributed by atoms with Gasteiger partial charge in [-0.25, -0.2) is 4.79 Å². The van der Waals surface area contributed by atoms with Crippen LogP contribution in [0, 0.1) is 0 Å². The minimum absolute atomic E-state index is 0.0499. The molecular weight excluding hydrogens is 652 g/mol. The second-order valence-corrected chi connectivity index (χ2v) is 11.8. The summed E-state index contributed by atoms with van der Waals surface area (Å²) in [7, 11) is 0. The quantitative estimate of drug-likeness (QED) is 0.0745. The lowest BCUT2D eigenvalue weighted by Crippen LogP contribution is -2.60. The first-order valence-corrected chi connectivity index (χ1v) is 15.9.